The van der Waals surface area contributed by atoms with Gasteiger partial charge in [0.25, 0.3) is 0 Å². The van der Waals surface area contributed by atoms with Crippen molar-refractivity contribution in [3.8, 4) is 0 Å². The SMILES string of the molecule is Cc1cccc(CN2CCC3(CC2)C(=O)NC3c2ccccc2)n1. The molecule has 0 saturated carbocycles. The Morgan fingerprint density at radius 3 is 2.54 bits per heavy atom. The molecule has 2 aliphatic rings. The molecular weight excluding hydrogens is 298 g/mol. The molecule has 2 aromatic rings. The second kappa shape index (κ2) is 6.02. The van der Waals surface area contributed by atoms with Crippen molar-refractivity contribution in [2.45, 2.75) is 32.4 Å². The van der Waals surface area contributed by atoms with Gasteiger partial charge in [0.15, 0.2) is 0 Å². The topological polar surface area (TPSA) is 45.2 Å². The van der Waals surface area contributed by atoms with Crippen molar-refractivity contribution in [2.75, 3.05) is 13.1 Å². The van der Waals surface area contributed by atoms with Crippen molar-refractivity contribution in [2.24, 2.45) is 5.41 Å². The number of carbonyl (C=O) groups is 1. The van der Waals surface area contributed by atoms with E-state index in [4.69, 9.17) is 0 Å². The van der Waals surface area contributed by atoms with Gasteiger partial charge in [0.05, 0.1) is 17.2 Å². The van der Waals surface area contributed by atoms with E-state index in [1.165, 1.54) is 5.56 Å². The van der Waals surface area contributed by atoms with Gasteiger partial charge in [-0.15, -0.1) is 0 Å². The summed E-state index contributed by atoms with van der Waals surface area (Å²) in [5.74, 6) is 0.227. The average Bonchev–Trinajstić information content (AvgIpc) is 2.61. The van der Waals surface area contributed by atoms with Crippen LogP contribution in [0.15, 0.2) is 48.5 Å². The van der Waals surface area contributed by atoms with Crippen LogP contribution in [0.2, 0.25) is 0 Å². The Balaban J connectivity index is 1.44. The van der Waals surface area contributed by atoms with Gasteiger partial charge in [-0.2, -0.15) is 0 Å². The minimum atomic E-state index is -0.210. The van der Waals surface area contributed by atoms with Crippen molar-refractivity contribution in [3.63, 3.8) is 0 Å². The molecule has 1 atom stereocenters. The number of pyridine rings is 1. The van der Waals surface area contributed by atoms with E-state index in [0.717, 1.165) is 43.9 Å². The lowest BCUT2D eigenvalue weighted by atomic mass is 9.64. The molecule has 4 heteroatoms. The monoisotopic (exact) mass is 321 g/mol. The van der Waals surface area contributed by atoms with Gasteiger partial charge < -0.3 is 5.32 Å². The summed E-state index contributed by atoms with van der Waals surface area (Å²) in [4.78, 5) is 19.4. The van der Waals surface area contributed by atoms with Gasteiger partial charge in [-0.3, -0.25) is 14.7 Å². The normalized spacial score (nSPS) is 22.9. The maximum atomic E-state index is 12.4. The van der Waals surface area contributed by atoms with Crippen LogP contribution in [0, 0.1) is 12.3 Å². The predicted octanol–water partition coefficient (Wildman–Crippen LogP) is 2.84. The van der Waals surface area contributed by atoms with Crippen molar-refractivity contribution in [3.05, 3.63) is 65.5 Å². The van der Waals surface area contributed by atoms with Crippen LogP contribution in [0.3, 0.4) is 0 Å². The summed E-state index contributed by atoms with van der Waals surface area (Å²) in [7, 11) is 0. The Kier molecular flexibility index (Phi) is 3.85. The number of amides is 1. The lowest BCUT2D eigenvalue weighted by molar-refractivity contribution is -0.151. The molecule has 1 unspecified atom stereocenters. The fourth-order valence-corrected chi connectivity index (χ4v) is 4.06. The van der Waals surface area contributed by atoms with Crippen molar-refractivity contribution in [1.29, 1.82) is 0 Å². The summed E-state index contributed by atoms with van der Waals surface area (Å²) in [5, 5.41) is 3.12. The van der Waals surface area contributed by atoms with E-state index < -0.39 is 0 Å². The third-order valence-electron chi connectivity index (χ3n) is 5.49. The Bertz CT molecular complexity index is 736. The molecule has 2 aliphatic heterocycles. The molecule has 24 heavy (non-hydrogen) atoms. The molecule has 4 rings (SSSR count). The molecule has 1 amide bonds. The highest BCUT2D eigenvalue weighted by molar-refractivity contribution is 5.90. The Morgan fingerprint density at radius 2 is 1.88 bits per heavy atom. The van der Waals surface area contributed by atoms with Gasteiger partial charge in [-0.1, -0.05) is 36.4 Å². The first-order chi connectivity index (χ1) is 11.7. The molecule has 1 aromatic heterocycles. The number of benzene rings is 1. The van der Waals surface area contributed by atoms with Crippen LogP contribution in [0.25, 0.3) is 0 Å². The zero-order chi connectivity index (χ0) is 16.6. The van der Waals surface area contributed by atoms with Crippen molar-refractivity contribution in [1.82, 2.24) is 15.2 Å². The first-order valence-corrected chi connectivity index (χ1v) is 8.68. The largest absolute Gasteiger partial charge is 0.348 e. The van der Waals surface area contributed by atoms with Crippen molar-refractivity contribution < 1.29 is 4.79 Å². The number of hydrogen-bond donors (Lipinski definition) is 1. The number of carbonyl (C=O) groups excluding carboxylic acids is 1. The summed E-state index contributed by atoms with van der Waals surface area (Å²) >= 11 is 0. The van der Waals surface area contributed by atoms with Crippen LogP contribution >= 0.6 is 0 Å². The van der Waals surface area contributed by atoms with Gasteiger partial charge in [-0.05, 0) is 50.6 Å². The molecular formula is C20H23N3O. The Hall–Kier alpha value is -2.20. The van der Waals surface area contributed by atoms with Crippen LogP contribution in [-0.2, 0) is 11.3 Å². The van der Waals surface area contributed by atoms with Gasteiger partial charge in [0.2, 0.25) is 5.91 Å². The van der Waals surface area contributed by atoms with Gasteiger partial charge >= 0.3 is 0 Å². The second-order valence-corrected chi connectivity index (χ2v) is 7.02. The van der Waals surface area contributed by atoms with Crippen LogP contribution < -0.4 is 5.32 Å². The molecule has 1 spiro atoms. The second-order valence-electron chi connectivity index (χ2n) is 7.02. The predicted molar refractivity (Wildman–Crippen MR) is 93.2 cm³/mol. The molecule has 124 valence electrons. The molecule has 0 aliphatic carbocycles. The quantitative estimate of drug-likeness (QED) is 0.884. The highest BCUT2D eigenvalue weighted by atomic mass is 16.2. The number of piperidine rings is 1. The number of nitrogens with zero attached hydrogens (tertiary/aromatic N) is 2. The van der Waals surface area contributed by atoms with E-state index in [1.807, 2.05) is 31.2 Å². The van der Waals surface area contributed by atoms with E-state index in [-0.39, 0.29) is 17.4 Å². The number of β-lactam (4-membered cyclic amide) rings is 1. The molecule has 0 bridgehead atoms. The molecule has 1 N–H and O–H groups in total. The van der Waals surface area contributed by atoms with Gasteiger partial charge in [0.1, 0.15) is 0 Å². The minimum Gasteiger partial charge on any atom is -0.348 e. The summed E-state index contributed by atoms with van der Waals surface area (Å²) in [5.41, 5.74) is 3.19. The maximum absolute atomic E-state index is 12.4. The minimum absolute atomic E-state index is 0.172. The third-order valence-corrected chi connectivity index (χ3v) is 5.49. The fraction of sp³-hybridized carbons (Fsp3) is 0.400. The lowest BCUT2D eigenvalue weighted by Crippen LogP contribution is -2.64. The summed E-state index contributed by atoms with van der Waals surface area (Å²) in [6, 6.07) is 16.7. The maximum Gasteiger partial charge on any atom is 0.229 e. The number of nitrogens with one attached hydrogen (secondary N) is 1. The van der Waals surface area contributed by atoms with Gasteiger partial charge in [-0.25, -0.2) is 0 Å². The summed E-state index contributed by atoms with van der Waals surface area (Å²) < 4.78 is 0. The number of aromatic nitrogens is 1. The van der Waals surface area contributed by atoms with Crippen LogP contribution in [0.5, 0.6) is 0 Å². The Morgan fingerprint density at radius 1 is 1.12 bits per heavy atom. The highest BCUT2D eigenvalue weighted by Crippen LogP contribution is 2.49. The third kappa shape index (κ3) is 2.61. The van der Waals surface area contributed by atoms with Crippen LogP contribution in [0.1, 0.15) is 35.8 Å². The van der Waals surface area contributed by atoms with E-state index in [0.29, 0.717) is 0 Å². The van der Waals surface area contributed by atoms with Crippen LogP contribution in [-0.4, -0.2) is 28.9 Å². The van der Waals surface area contributed by atoms with E-state index in [9.17, 15) is 4.79 Å². The highest BCUT2D eigenvalue weighted by Gasteiger charge is 2.56. The Labute approximate surface area is 142 Å². The lowest BCUT2D eigenvalue weighted by Gasteiger charge is -2.52. The zero-order valence-corrected chi connectivity index (χ0v) is 14.0. The number of aryl methyl sites for hydroxylation is 1. The molecule has 2 saturated heterocycles. The van der Waals surface area contributed by atoms with E-state index in [2.05, 4.69) is 39.5 Å². The average molecular weight is 321 g/mol. The first-order valence-electron chi connectivity index (χ1n) is 8.68. The molecule has 4 nitrogen and oxygen atoms in total. The molecule has 1 aromatic carbocycles. The van der Waals surface area contributed by atoms with Gasteiger partial charge in [0, 0.05) is 12.2 Å². The fourth-order valence-electron chi connectivity index (χ4n) is 4.06. The van der Waals surface area contributed by atoms with E-state index in [1.54, 1.807) is 0 Å². The van der Waals surface area contributed by atoms with Crippen LogP contribution in [0.4, 0.5) is 0 Å². The summed E-state index contributed by atoms with van der Waals surface area (Å²) in [6.07, 6.45) is 1.84. The first kappa shape index (κ1) is 15.3. The molecule has 3 heterocycles. The zero-order valence-electron chi connectivity index (χ0n) is 14.0. The van der Waals surface area contributed by atoms with E-state index >= 15 is 0 Å². The molecule has 0 radical (unpaired) electrons. The number of likely N-dealkylation sites (tertiary alicyclic amines) is 1. The van der Waals surface area contributed by atoms with Crippen molar-refractivity contribution >= 4 is 5.91 Å². The number of hydrogen-bond acceptors (Lipinski definition) is 3. The standard InChI is InChI=1S/C20H23N3O/c1-15-6-5-9-17(21-15)14-23-12-10-20(11-13-23)18(22-19(20)24)16-7-3-2-4-8-16/h2-9,18H,10-14H2,1H3,(H,22,24). The summed E-state index contributed by atoms with van der Waals surface area (Å²) in [6.45, 7) is 4.80. The smallest absolute Gasteiger partial charge is 0.229 e. The molecule has 2 fully saturated rings. The number of rotatable bonds is 3.